The molecule has 0 aromatic carbocycles. The molecule has 0 unspecified atom stereocenters. The first kappa shape index (κ1) is 10.6. The fraction of sp³-hybridized carbons (Fsp3) is 0.231. The van der Waals surface area contributed by atoms with E-state index >= 15 is 0 Å². The van der Waals surface area contributed by atoms with Crippen LogP contribution in [0.2, 0.25) is 0 Å². The first-order valence-electron chi connectivity index (χ1n) is 4.73. The van der Waals surface area contributed by atoms with Gasteiger partial charge in [0.2, 0.25) is 0 Å². The lowest BCUT2D eigenvalue weighted by atomic mass is 10.2. The Morgan fingerprint density at radius 3 is 2.79 bits per heavy atom. The summed E-state index contributed by atoms with van der Waals surface area (Å²) >= 11 is 0. The molecule has 14 heavy (non-hydrogen) atoms. The molecule has 0 N–H and O–H groups in total. The lowest BCUT2D eigenvalue weighted by Gasteiger charge is -2.04. The van der Waals surface area contributed by atoms with Crippen molar-refractivity contribution in [3.05, 3.63) is 60.1 Å². The average Bonchev–Trinajstić information content (AvgIpc) is 2.66. The minimum absolute atomic E-state index is 0.898. The van der Waals surface area contributed by atoms with Gasteiger partial charge in [-0.25, -0.2) is 0 Å². The zero-order valence-electron chi connectivity index (χ0n) is 8.79. The van der Waals surface area contributed by atoms with E-state index in [2.05, 4.69) is 12.7 Å². The van der Waals surface area contributed by atoms with Gasteiger partial charge in [-0.05, 0) is 26.0 Å². The van der Waals surface area contributed by atoms with Gasteiger partial charge in [0.25, 0.3) is 0 Å². The average molecular weight is 188 g/mol. The Hall–Kier alpha value is -1.50. The van der Waals surface area contributed by atoms with Gasteiger partial charge in [-0.3, -0.25) is 0 Å². The van der Waals surface area contributed by atoms with Crippen LogP contribution in [0.5, 0.6) is 0 Å². The molecule has 1 nitrogen and oxygen atoms in total. The molecule has 0 aromatic rings. The maximum absolute atomic E-state index is 5.59. The molecule has 74 valence electrons. The zero-order valence-corrected chi connectivity index (χ0v) is 8.79. The molecule has 1 aliphatic carbocycles. The van der Waals surface area contributed by atoms with Gasteiger partial charge in [-0.15, -0.1) is 0 Å². The second-order valence-electron chi connectivity index (χ2n) is 3.26. The van der Waals surface area contributed by atoms with Gasteiger partial charge in [-0.2, -0.15) is 0 Å². The van der Waals surface area contributed by atoms with Crippen molar-refractivity contribution in [2.24, 2.45) is 0 Å². The van der Waals surface area contributed by atoms with Gasteiger partial charge in [0.05, 0.1) is 0 Å². The van der Waals surface area contributed by atoms with Crippen molar-refractivity contribution in [3.63, 3.8) is 0 Å². The predicted octanol–water partition coefficient (Wildman–Crippen LogP) is 3.88. The largest absolute Gasteiger partial charge is 0.466 e. The maximum atomic E-state index is 5.59. The molecule has 0 fully saturated rings. The third-order valence-electron chi connectivity index (χ3n) is 1.93. The molecule has 0 bridgehead atoms. The van der Waals surface area contributed by atoms with E-state index in [1.165, 1.54) is 0 Å². The van der Waals surface area contributed by atoms with Gasteiger partial charge in [0, 0.05) is 6.42 Å². The lowest BCUT2D eigenvalue weighted by Crippen LogP contribution is -1.86. The monoisotopic (exact) mass is 188 g/mol. The van der Waals surface area contributed by atoms with Crippen LogP contribution in [-0.4, -0.2) is 0 Å². The zero-order chi connectivity index (χ0) is 10.4. The van der Waals surface area contributed by atoms with Gasteiger partial charge in [0.1, 0.15) is 11.5 Å². The molecule has 0 heterocycles. The van der Waals surface area contributed by atoms with E-state index in [9.17, 15) is 0 Å². The Kier molecular flexibility index (Phi) is 3.99. The van der Waals surface area contributed by atoms with Crippen LogP contribution < -0.4 is 0 Å². The second-order valence-corrected chi connectivity index (χ2v) is 3.26. The molecule has 0 amide bonds. The van der Waals surface area contributed by atoms with E-state index in [1.54, 1.807) is 0 Å². The van der Waals surface area contributed by atoms with E-state index in [0.717, 1.165) is 23.5 Å². The van der Waals surface area contributed by atoms with Crippen molar-refractivity contribution >= 4 is 0 Å². The highest BCUT2D eigenvalue weighted by Crippen LogP contribution is 2.15. The van der Waals surface area contributed by atoms with Crippen LogP contribution in [0.4, 0.5) is 0 Å². The minimum atomic E-state index is 0.898. The summed E-state index contributed by atoms with van der Waals surface area (Å²) in [6.07, 6.45) is 12.7. The van der Waals surface area contributed by atoms with Gasteiger partial charge in [-0.1, -0.05) is 36.5 Å². The third kappa shape index (κ3) is 3.48. The lowest BCUT2D eigenvalue weighted by molar-refractivity contribution is 0.302. The summed E-state index contributed by atoms with van der Waals surface area (Å²) in [5, 5.41) is 0. The van der Waals surface area contributed by atoms with Crippen LogP contribution in [0.1, 0.15) is 20.3 Å². The molecule has 1 heteroatoms. The highest BCUT2D eigenvalue weighted by molar-refractivity contribution is 5.23. The topological polar surface area (TPSA) is 9.23 Å². The fourth-order valence-corrected chi connectivity index (χ4v) is 1.06. The summed E-state index contributed by atoms with van der Waals surface area (Å²) in [4.78, 5) is 0. The maximum Gasteiger partial charge on any atom is 0.107 e. The number of allylic oxidation sites excluding steroid dienone is 8. The molecular weight excluding hydrogens is 172 g/mol. The molecule has 0 aromatic heterocycles. The summed E-state index contributed by atoms with van der Waals surface area (Å²) in [6.45, 7) is 7.64. The Morgan fingerprint density at radius 1 is 1.43 bits per heavy atom. The standard InChI is InChI=1S/C13H16O/c1-4-11(2)9-10-12(3)14-13-7-5-6-8-13/h4-7,9-10H,1,8H2,2-3H3. The van der Waals surface area contributed by atoms with Crippen LogP contribution in [0.25, 0.3) is 0 Å². The van der Waals surface area contributed by atoms with Crippen LogP contribution in [0, 0.1) is 0 Å². The molecule has 0 aliphatic heterocycles. The van der Waals surface area contributed by atoms with Gasteiger partial charge in [0.15, 0.2) is 0 Å². The molecule has 0 saturated heterocycles. The Bertz CT molecular complexity index is 327. The predicted molar refractivity (Wildman–Crippen MR) is 60.6 cm³/mol. The van der Waals surface area contributed by atoms with Crippen LogP contribution >= 0.6 is 0 Å². The van der Waals surface area contributed by atoms with Crippen LogP contribution in [0.3, 0.4) is 0 Å². The van der Waals surface area contributed by atoms with E-state index in [0.29, 0.717) is 0 Å². The van der Waals surface area contributed by atoms with Crippen molar-refractivity contribution in [2.45, 2.75) is 20.3 Å². The molecule has 0 saturated carbocycles. The van der Waals surface area contributed by atoms with Crippen LogP contribution in [0.15, 0.2) is 60.1 Å². The molecule has 1 aliphatic rings. The summed E-state index contributed by atoms with van der Waals surface area (Å²) in [7, 11) is 0. The summed E-state index contributed by atoms with van der Waals surface area (Å²) in [6, 6.07) is 0. The smallest absolute Gasteiger partial charge is 0.107 e. The van der Waals surface area contributed by atoms with Crippen LogP contribution in [-0.2, 0) is 4.74 Å². The first-order valence-corrected chi connectivity index (χ1v) is 4.73. The number of hydrogen-bond acceptors (Lipinski definition) is 1. The molecule has 0 atom stereocenters. The fourth-order valence-electron chi connectivity index (χ4n) is 1.06. The van der Waals surface area contributed by atoms with E-state index in [1.807, 2.05) is 44.2 Å². The SMILES string of the molecule is C=CC(C)=CC=C(C)OC1=CC=CC1. The third-order valence-corrected chi connectivity index (χ3v) is 1.93. The Balaban J connectivity index is 2.49. The Labute approximate surface area is 85.8 Å². The number of rotatable bonds is 4. The van der Waals surface area contributed by atoms with Crippen molar-refractivity contribution in [3.8, 4) is 0 Å². The van der Waals surface area contributed by atoms with E-state index in [4.69, 9.17) is 4.74 Å². The summed E-state index contributed by atoms with van der Waals surface area (Å²) in [5.74, 6) is 1.91. The molecule has 0 spiro atoms. The van der Waals surface area contributed by atoms with Gasteiger partial charge >= 0.3 is 0 Å². The van der Waals surface area contributed by atoms with E-state index in [-0.39, 0.29) is 0 Å². The minimum Gasteiger partial charge on any atom is -0.466 e. The van der Waals surface area contributed by atoms with Gasteiger partial charge < -0.3 is 4.74 Å². The quantitative estimate of drug-likeness (QED) is 0.480. The Morgan fingerprint density at radius 2 is 2.21 bits per heavy atom. The highest BCUT2D eigenvalue weighted by atomic mass is 16.5. The molecular formula is C13H16O. The summed E-state index contributed by atoms with van der Waals surface area (Å²) < 4.78 is 5.59. The van der Waals surface area contributed by atoms with Crippen molar-refractivity contribution in [2.75, 3.05) is 0 Å². The molecule has 0 radical (unpaired) electrons. The number of ether oxygens (including phenoxy) is 1. The second kappa shape index (κ2) is 5.28. The molecule has 1 rings (SSSR count). The normalized spacial score (nSPS) is 16.9. The highest BCUT2D eigenvalue weighted by Gasteiger charge is 1.99. The summed E-state index contributed by atoms with van der Waals surface area (Å²) in [5.41, 5.74) is 1.13. The number of hydrogen-bond donors (Lipinski definition) is 0. The van der Waals surface area contributed by atoms with Crippen molar-refractivity contribution in [1.82, 2.24) is 0 Å². The van der Waals surface area contributed by atoms with E-state index < -0.39 is 0 Å². The first-order chi connectivity index (χ1) is 6.72. The van der Waals surface area contributed by atoms with Crippen molar-refractivity contribution < 1.29 is 4.74 Å². The van der Waals surface area contributed by atoms with Crippen molar-refractivity contribution in [1.29, 1.82) is 0 Å².